The van der Waals surface area contributed by atoms with Gasteiger partial charge in [0.1, 0.15) is 0 Å². The normalized spacial score (nSPS) is 27.4. The molecule has 0 aromatic carbocycles. The van der Waals surface area contributed by atoms with E-state index >= 15 is 0 Å². The number of ether oxygens (including phenoxy) is 1. The number of guanidine groups is 1. The average Bonchev–Trinajstić information content (AvgIpc) is 3.12. The van der Waals surface area contributed by atoms with Crippen LogP contribution in [0, 0.1) is 5.92 Å². The third-order valence-electron chi connectivity index (χ3n) is 5.41. The molecule has 1 atom stereocenters. The first-order valence-corrected chi connectivity index (χ1v) is 11.0. The summed E-state index contributed by atoms with van der Waals surface area (Å²) >= 11 is 1.79. The Bertz CT molecular complexity index is 503. The number of hydrogen-bond acceptors (Lipinski definition) is 5. The van der Waals surface area contributed by atoms with Crippen molar-refractivity contribution in [3.05, 3.63) is 0 Å². The van der Waals surface area contributed by atoms with E-state index in [0.717, 1.165) is 69.5 Å². The molecule has 3 rings (SSSR count). The Morgan fingerprint density at radius 2 is 1.96 bits per heavy atom. The fourth-order valence-corrected chi connectivity index (χ4v) is 5.03. The number of likely N-dealkylation sites (tertiary alicyclic amines) is 1. The number of rotatable bonds is 4. The Balaban J connectivity index is 0.00000261. The topological polar surface area (TPSA) is 77.4 Å². The highest BCUT2D eigenvalue weighted by molar-refractivity contribution is 14.0. The maximum atomic E-state index is 12.7. The van der Waals surface area contributed by atoms with Gasteiger partial charge in [-0.15, -0.1) is 24.0 Å². The molecule has 0 saturated carbocycles. The van der Waals surface area contributed by atoms with Crippen molar-refractivity contribution in [3.8, 4) is 0 Å². The molecule has 1 unspecified atom stereocenters. The predicted molar refractivity (Wildman–Crippen MR) is 120 cm³/mol. The van der Waals surface area contributed by atoms with Crippen LogP contribution in [0.4, 0.5) is 0 Å². The number of piperidine rings is 1. The summed E-state index contributed by atoms with van der Waals surface area (Å²) in [5.41, 5.74) is -0.657. The van der Waals surface area contributed by atoms with Crippen LogP contribution in [0.25, 0.3) is 0 Å². The van der Waals surface area contributed by atoms with E-state index in [4.69, 9.17) is 9.73 Å². The number of nitrogens with one attached hydrogen (secondary N) is 1. The lowest BCUT2D eigenvalue weighted by molar-refractivity contribution is -0.140. The third kappa shape index (κ3) is 6.37. The van der Waals surface area contributed by atoms with Crippen LogP contribution in [0.5, 0.6) is 0 Å². The van der Waals surface area contributed by atoms with Crippen molar-refractivity contribution < 1.29 is 14.6 Å². The lowest BCUT2D eigenvalue weighted by atomic mass is 9.95. The van der Waals surface area contributed by atoms with Crippen molar-refractivity contribution in [2.24, 2.45) is 10.9 Å². The molecular formula is C18H33IN4O3S. The highest BCUT2D eigenvalue weighted by atomic mass is 127. The average molecular weight is 512 g/mol. The number of aliphatic hydroxyl groups is 1. The van der Waals surface area contributed by atoms with Gasteiger partial charge in [-0.05, 0) is 31.9 Å². The molecule has 3 heterocycles. The van der Waals surface area contributed by atoms with Crippen molar-refractivity contribution in [1.82, 2.24) is 15.1 Å². The van der Waals surface area contributed by atoms with Gasteiger partial charge in [0.05, 0.1) is 25.4 Å². The summed E-state index contributed by atoms with van der Waals surface area (Å²) in [5.74, 6) is 3.05. The fourth-order valence-electron chi connectivity index (χ4n) is 3.75. The zero-order chi connectivity index (χ0) is 18.4. The van der Waals surface area contributed by atoms with Crippen molar-refractivity contribution >= 4 is 47.6 Å². The van der Waals surface area contributed by atoms with Crippen LogP contribution in [0.3, 0.4) is 0 Å². The number of aliphatic imine (C=N–C) groups is 1. The first-order chi connectivity index (χ1) is 12.6. The minimum absolute atomic E-state index is 0. The van der Waals surface area contributed by atoms with Crippen molar-refractivity contribution in [2.45, 2.75) is 31.8 Å². The number of carbonyl (C=O) groups excluding carboxylic acids is 1. The van der Waals surface area contributed by atoms with Crippen molar-refractivity contribution in [2.75, 3.05) is 64.0 Å². The minimum Gasteiger partial charge on any atom is -0.387 e. The van der Waals surface area contributed by atoms with E-state index in [1.807, 2.05) is 4.90 Å². The molecular weight excluding hydrogens is 479 g/mol. The Hall–Kier alpha value is -0.260. The number of halogens is 1. The Morgan fingerprint density at radius 3 is 2.56 bits per heavy atom. The van der Waals surface area contributed by atoms with Crippen LogP contribution >= 0.6 is 35.7 Å². The van der Waals surface area contributed by atoms with E-state index in [1.165, 1.54) is 0 Å². The first-order valence-electron chi connectivity index (χ1n) is 9.81. The quantitative estimate of drug-likeness (QED) is 0.333. The molecule has 0 aromatic rings. The molecule has 3 aliphatic heterocycles. The molecule has 3 fully saturated rings. The standard InChI is InChI=1S/C18H32N4O3S.HI/c1-2-19-17(20-13-18(24)5-12-26-14-18)22-6-3-15(4-7-22)16(23)21-8-10-25-11-9-21;/h15,24H,2-14H2,1H3,(H,19,20);1H. The molecule has 0 bridgehead atoms. The van der Waals surface area contributed by atoms with E-state index < -0.39 is 5.60 Å². The van der Waals surface area contributed by atoms with Gasteiger partial charge in [0, 0.05) is 44.4 Å². The maximum absolute atomic E-state index is 12.7. The fraction of sp³-hybridized carbons (Fsp3) is 0.889. The van der Waals surface area contributed by atoms with E-state index in [9.17, 15) is 9.90 Å². The molecule has 0 radical (unpaired) electrons. The van der Waals surface area contributed by atoms with Crippen LogP contribution in [0.2, 0.25) is 0 Å². The largest absolute Gasteiger partial charge is 0.387 e. The van der Waals surface area contributed by atoms with Gasteiger partial charge in [-0.25, -0.2) is 0 Å². The van der Waals surface area contributed by atoms with Gasteiger partial charge >= 0.3 is 0 Å². The van der Waals surface area contributed by atoms with E-state index in [1.54, 1.807) is 11.8 Å². The molecule has 7 nitrogen and oxygen atoms in total. The Labute approximate surface area is 183 Å². The zero-order valence-corrected chi connectivity index (χ0v) is 19.3. The molecule has 1 amide bonds. The van der Waals surface area contributed by atoms with Crippen molar-refractivity contribution in [3.63, 3.8) is 0 Å². The third-order valence-corrected chi connectivity index (χ3v) is 6.64. The molecule has 0 aliphatic carbocycles. The van der Waals surface area contributed by atoms with Gasteiger partial charge in [-0.3, -0.25) is 9.79 Å². The van der Waals surface area contributed by atoms with Crippen LogP contribution in [-0.4, -0.2) is 96.4 Å². The highest BCUT2D eigenvalue weighted by Gasteiger charge is 2.33. The summed E-state index contributed by atoms with van der Waals surface area (Å²) in [6.45, 7) is 7.74. The molecule has 3 aliphatic rings. The summed E-state index contributed by atoms with van der Waals surface area (Å²) in [7, 11) is 0. The van der Waals surface area contributed by atoms with Gasteiger partial charge in [0.15, 0.2) is 5.96 Å². The predicted octanol–water partition coefficient (Wildman–Crippen LogP) is 1.01. The molecule has 9 heteroatoms. The number of thioether (sulfide) groups is 1. The SMILES string of the molecule is CCNC(=NCC1(O)CCSC1)N1CCC(C(=O)N2CCOCC2)CC1.I. The molecule has 156 valence electrons. The second kappa shape index (κ2) is 11.1. The molecule has 0 aromatic heterocycles. The summed E-state index contributed by atoms with van der Waals surface area (Å²) in [5, 5.41) is 13.9. The smallest absolute Gasteiger partial charge is 0.225 e. The second-order valence-electron chi connectivity index (χ2n) is 7.40. The summed E-state index contributed by atoms with van der Waals surface area (Å²) in [6.07, 6.45) is 2.54. The van der Waals surface area contributed by atoms with Gasteiger partial charge in [0.25, 0.3) is 0 Å². The van der Waals surface area contributed by atoms with Crippen LogP contribution in [-0.2, 0) is 9.53 Å². The number of morpholine rings is 1. The first kappa shape index (κ1) is 23.0. The minimum atomic E-state index is -0.657. The van der Waals surface area contributed by atoms with E-state index in [2.05, 4.69) is 17.1 Å². The lowest BCUT2D eigenvalue weighted by Crippen LogP contribution is -2.50. The van der Waals surface area contributed by atoms with Crippen molar-refractivity contribution in [1.29, 1.82) is 0 Å². The van der Waals surface area contributed by atoms with Crippen LogP contribution in [0.15, 0.2) is 4.99 Å². The number of carbonyl (C=O) groups is 1. The summed E-state index contributed by atoms with van der Waals surface area (Å²) in [4.78, 5) is 21.6. The number of nitrogens with zero attached hydrogens (tertiary/aromatic N) is 3. The maximum Gasteiger partial charge on any atom is 0.225 e. The number of hydrogen-bond donors (Lipinski definition) is 2. The summed E-state index contributed by atoms with van der Waals surface area (Å²) < 4.78 is 5.34. The molecule has 0 spiro atoms. The monoisotopic (exact) mass is 512 g/mol. The molecule has 2 N–H and O–H groups in total. The Kier molecular flexibility index (Phi) is 9.43. The molecule has 3 saturated heterocycles. The lowest BCUT2D eigenvalue weighted by Gasteiger charge is -2.37. The highest BCUT2D eigenvalue weighted by Crippen LogP contribution is 2.28. The number of amides is 1. The van der Waals surface area contributed by atoms with Gasteiger partial charge in [-0.2, -0.15) is 11.8 Å². The van der Waals surface area contributed by atoms with Crippen LogP contribution < -0.4 is 5.32 Å². The zero-order valence-electron chi connectivity index (χ0n) is 16.2. The van der Waals surface area contributed by atoms with Gasteiger partial charge in [0.2, 0.25) is 5.91 Å². The second-order valence-corrected chi connectivity index (χ2v) is 8.50. The van der Waals surface area contributed by atoms with E-state index in [-0.39, 0.29) is 35.8 Å². The van der Waals surface area contributed by atoms with E-state index in [0.29, 0.717) is 19.8 Å². The Morgan fingerprint density at radius 1 is 1.26 bits per heavy atom. The van der Waals surface area contributed by atoms with Crippen LogP contribution in [0.1, 0.15) is 26.2 Å². The van der Waals surface area contributed by atoms with Gasteiger partial charge < -0.3 is 25.0 Å². The van der Waals surface area contributed by atoms with Gasteiger partial charge in [-0.1, -0.05) is 0 Å². The molecule has 27 heavy (non-hydrogen) atoms. The summed E-state index contributed by atoms with van der Waals surface area (Å²) in [6, 6.07) is 0.